The molecule has 1 rings (SSSR count). The quantitative estimate of drug-likeness (QED) is 0.878. The van der Waals surface area contributed by atoms with Gasteiger partial charge in [-0.25, -0.2) is 0 Å². The molecule has 17 heavy (non-hydrogen) atoms. The second-order valence-corrected chi connectivity index (χ2v) is 5.41. The van der Waals surface area contributed by atoms with Crippen LogP contribution in [0.25, 0.3) is 0 Å². The Bertz CT molecular complexity index is 425. The highest BCUT2D eigenvalue weighted by molar-refractivity contribution is 7.12. The Hall–Kier alpha value is -1.36. The Morgan fingerprint density at radius 1 is 1.41 bits per heavy atom. The van der Waals surface area contributed by atoms with Gasteiger partial charge in [0.2, 0.25) is 0 Å². The van der Waals surface area contributed by atoms with Gasteiger partial charge in [-0.2, -0.15) is 0 Å². The Morgan fingerprint density at radius 2 is 2.06 bits per heavy atom. The summed E-state index contributed by atoms with van der Waals surface area (Å²) in [6, 6.07) is 1.83. The first-order chi connectivity index (χ1) is 7.95. The van der Waals surface area contributed by atoms with Crippen LogP contribution < -0.4 is 0 Å². The topological polar surface area (TPSA) is 57.6 Å². The number of aliphatic carboxylic acids is 1. The lowest BCUT2D eigenvalue weighted by molar-refractivity contribution is -0.137. The fraction of sp³-hybridized carbons (Fsp3) is 0.500. The van der Waals surface area contributed by atoms with Crippen molar-refractivity contribution in [2.24, 2.45) is 0 Å². The molecule has 0 fully saturated rings. The summed E-state index contributed by atoms with van der Waals surface area (Å²) < 4.78 is 0. The van der Waals surface area contributed by atoms with Crippen LogP contribution in [-0.2, 0) is 4.79 Å². The van der Waals surface area contributed by atoms with Gasteiger partial charge in [-0.1, -0.05) is 6.92 Å². The minimum absolute atomic E-state index is 0.184. The molecule has 0 aliphatic rings. The van der Waals surface area contributed by atoms with Crippen molar-refractivity contribution in [2.75, 3.05) is 13.1 Å². The van der Waals surface area contributed by atoms with Crippen LogP contribution in [0.3, 0.4) is 0 Å². The number of nitrogens with zero attached hydrogens (tertiary/aromatic N) is 1. The zero-order valence-electron chi connectivity index (χ0n) is 10.3. The normalized spacial score (nSPS) is 10.3. The Kier molecular flexibility index (Phi) is 4.69. The Balaban J connectivity index is 2.91. The van der Waals surface area contributed by atoms with E-state index >= 15 is 0 Å². The van der Waals surface area contributed by atoms with Crippen molar-refractivity contribution in [3.05, 3.63) is 21.4 Å². The number of rotatable bonds is 5. The average Bonchev–Trinajstić information content (AvgIpc) is 2.55. The molecule has 0 aliphatic heterocycles. The molecule has 0 saturated carbocycles. The third-order valence-electron chi connectivity index (χ3n) is 2.38. The minimum Gasteiger partial charge on any atom is -0.480 e. The molecule has 0 aliphatic carbocycles. The van der Waals surface area contributed by atoms with E-state index in [1.807, 2.05) is 26.8 Å². The molecular weight excluding hydrogens is 238 g/mol. The molecule has 0 aromatic carbocycles. The van der Waals surface area contributed by atoms with E-state index < -0.39 is 5.97 Å². The molecule has 0 unspecified atom stereocenters. The van der Waals surface area contributed by atoms with Gasteiger partial charge in [-0.3, -0.25) is 9.59 Å². The number of aryl methyl sites for hydroxylation is 2. The van der Waals surface area contributed by atoms with Crippen LogP contribution in [0.2, 0.25) is 0 Å². The van der Waals surface area contributed by atoms with Gasteiger partial charge in [-0.15, -0.1) is 11.3 Å². The van der Waals surface area contributed by atoms with Crippen LogP contribution in [0.1, 0.15) is 33.5 Å². The summed E-state index contributed by atoms with van der Waals surface area (Å²) in [6.45, 7) is 5.99. The van der Waals surface area contributed by atoms with E-state index in [9.17, 15) is 9.59 Å². The highest BCUT2D eigenvalue weighted by atomic mass is 32.1. The second-order valence-electron chi connectivity index (χ2n) is 3.95. The monoisotopic (exact) mass is 255 g/mol. The number of carboxylic acid groups (broad SMARTS) is 1. The highest BCUT2D eigenvalue weighted by Gasteiger charge is 2.20. The maximum Gasteiger partial charge on any atom is 0.323 e. The van der Waals surface area contributed by atoms with Gasteiger partial charge in [-0.05, 0) is 26.3 Å². The average molecular weight is 255 g/mol. The van der Waals surface area contributed by atoms with Crippen molar-refractivity contribution in [3.8, 4) is 0 Å². The zero-order chi connectivity index (χ0) is 13.0. The van der Waals surface area contributed by atoms with E-state index in [0.717, 1.165) is 16.2 Å². The number of carboxylic acids is 1. The third-order valence-corrected chi connectivity index (χ3v) is 3.34. The minimum atomic E-state index is -0.976. The van der Waals surface area contributed by atoms with Gasteiger partial charge in [0.25, 0.3) is 5.91 Å². The van der Waals surface area contributed by atoms with Crippen LogP contribution in [0.15, 0.2) is 6.07 Å². The predicted octanol–water partition coefficient (Wildman–Crippen LogP) is 2.30. The molecule has 0 atom stereocenters. The molecule has 0 spiro atoms. The molecule has 0 radical (unpaired) electrons. The van der Waals surface area contributed by atoms with Crippen molar-refractivity contribution >= 4 is 23.2 Å². The Labute approximate surface area is 105 Å². The molecule has 94 valence electrons. The van der Waals surface area contributed by atoms with E-state index in [1.165, 1.54) is 4.90 Å². The van der Waals surface area contributed by atoms with Crippen LogP contribution in [0.4, 0.5) is 0 Å². The number of carbonyl (C=O) groups is 2. The molecule has 1 aromatic heterocycles. The van der Waals surface area contributed by atoms with E-state index in [2.05, 4.69) is 0 Å². The summed E-state index contributed by atoms with van der Waals surface area (Å²) in [6.07, 6.45) is 0.751. The van der Waals surface area contributed by atoms with Crippen LogP contribution in [-0.4, -0.2) is 35.0 Å². The van der Waals surface area contributed by atoms with Crippen molar-refractivity contribution < 1.29 is 14.7 Å². The summed E-state index contributed by atoms with van der Waals surface area (Å²) in [5.41, 5.74) is 0.627. The molecular formula is C12H17NO3S. The lowest BCUT2D eigenvalue weighted by atomic mass is 10.2. The van der Waals surface area contributed by atoms with Crippen LogP contribution in [0, 0.1) is 13.8 Å². The molecule has 4 nitrogen and oxygen atoms in total. The summed E-state index contributed by atoms with van der Waals surface area (Å²) >= 11 is 1.56. The third kappa shape index (κ3) is 3.56. The summed E-state index contributed by atoms with van der Waals surface area (Å²) in [4.78, 5) is 26.3. The van der Waals surface area contributed by atoms with Crippen molar-refractivity contribution in [3.63, 3.8) is 0 Å². The molecule has 1 amide bonds. The SMILES string of the molecule is CCCN(CC(=O)O)C(=O)c1cc(C)sc1C. The zero-order valence-corrected chi connectivity index (χ0v) is 11.1. The molecule has 1 aromatic rings. The highest BCUT2D eigenvalue weighted by Crippen LogP contribution is 2.22. The molecule has 1 heterocycles. The first-order valence-corrected chi connectivity index (χ1v) is 6.35. The number of amides is 1. The van der Waals surface area contributed by atoms with Gasteiger partial charge in [0.15, 0.2) is 0 Å². The van der Waals surface area contributed by atoms with Gasteiger partial charge < -0.3 is 10.0 Å². The number of carbonyl (C=O) groups excluding carboxylic acids is 1. The molecule has 0 bridgehead atoms. The lowest BCUT2D eigenvalue weighted by Gasteiger charge is -2.19. The Morgan fingerprint density at radius 3 is 2.47 bits per heavy atom. The van der Waals surface area contributed by atoms with Crippen LogP contribution >= 0.6 is 11.3 Å². The standard InChI is InChI=1S/C12H17NO3S/c1-4-5-13(7-11(14)15)12(16)10-6-8(2)17-9(10)3/h6H,4-5,7H2,1-3H3,(H,14,15). The van der Waals surface area contributed by atoms with Crippen LogP contribution in [0.5, 0.6) is 0 Å². The maximum atomic E-state index is 12.2. The fourth-order valence-corrected chi connectivity index (χ4v) is 2.62. The summed E-state index contributed by atoms with van der Waals surface area (Å²) in [7, 11) is 0. The first kappa shape index (κ1) is 13.7. The summed E-state index contributed by atoms with van der Waals surface area (Å²) in [5, 5.41) is 8.79. The van der Waals surface area contributed by atoms with Crippen molar-refractivity contribution in [1.82, 2.24) is 4.90 Å². The lowest BCUT2D eigenvalue weighted by Crippen LogP contribution is -2.36. The largest absolute Gasteiger partial charge is 0.480 e. The molecule has 5 heteroatoms. The van der Waals surface area contributed by atoms with Gasteiger partial charge in [0.1, 0.15) is 6.54 Å². The molecule has 1 N–H and O–H groups in total. The van der Waals surface area contributed by atoms with Crippen molar-refractivity contribution in [1.29, 1.82) is 0 Å². The van der Waals surface area contributed by atoms with Crippen molar-refractivity contribution in [2.45, 2.75) is 27.2 Å². The van der Waals surface area contributed by atoms with E-state index in [0.29, 0.717) is 12.1 Å². The number of thiophene rings is 1. The number of hydrogen-bond donors (Lipinski definition) is 1. The van der Waals surface area contributed by atoms with E-state index in [-0.39, 0.29) is 12.5 Å². The second kappa shape index (κ2) is 5.82. The van der Waals surface area contributed by atoms with E-state index in [1.54, 1.807) is 11.3 Å². The van der Waals surface area contributed by atoms with Gasteiger partial charge in [0, 0.05) is 16.3 Å². The van der Waals surface area contributed by atoms with Gasteiger partial charge >= 0.3 is 5.97 Å². The predicted molar refractivity (Wildman–Crippen MR) is 67.6 cm³/mol. The van der Waals surface area contributed by atoms with E-state index in [4.69, 9.17) is 5.11 Å². The maximum absolute atomic E-state index is 12.2. The number of hydrogen-bond acceptors (Lipinski definition) is 3. The van der Waals surface area contributed by atoms with Gasteiger partial charge in [0.05, 0.1) is 5.56 Å². The fourth-order valence-electron chi connectivity index (χ4n) is 1.70. The molecule has 0 saturated heterocycles. The smallest absolute Gasteiger partial charge is 0.323 e. The first-order valence-electron chi connectivity index (χ1n) is 5.53. The summed E-state index contributed by atoms with van der Waals surface area (Å²) in [5.74, 6) is -1.16.